The van der Waals surface area contributed by atoms with Gasteiger partial charge in [-0.2, -0.15) is 0 Å². The summed E-state index contributed by atoms with van der Waals surface area (Å²) in [5, 5.41) is 2.86. The Morgan fingerprint density at radius 3 is 2.69 bits per heavy atom. The van der Waals surface area contributed by atoms with Crippen LogP contribution in [0.4, 0.5) is 5.69 Å². The van der Waals surface area contributed by atoms with Crippen LogP contribution >= 0.6 is 24.0 Å². The average Bonchev–Trinajstić information content (AvgIpc) is 3.38. The molecule has 0 unspecified atom stereocenters. The number of carbonyl (C=O) groups excluding carboxylic acids is 2. The van der Waals surface area contributed by atoms with Gasteiger partial charge in [-0.05, 0) is 62.1 Å². The molecule has 0 atom stereocenters. The molecule has 1 aliphatic heterocycles. The summed E-state index contributed by atoms with van der Waals surface area (Å²) < 4.78 is 6.42. The van der Waals surface area contributed by atoms with Crippen LogP contribution in [0.5, 0.6) is 5.75 Å². The number of rotatable bonds is 6. The Hall–Kier alpha value is -2.64. The molecule has 0 aromatic heterocycles. The first-order valence-corrected chi connectivity index (χ1v) is 12.0. The Bertz CT molecular complexity index is 1090. The van der Waals surface area contributed by atoms with Gasteiger partial charge in [-0.25, -0.2) is 0 Å². The molecule has 0 radical (unpaired) electrons. The lowest BCUT2D eigenvalue weighted by Crippen LogP contribution is -2.36. The van der Waals surface area contributed by atoms with Gasteiger partial charge in [0.05, 0.1) is 4.91 Å². The van der Waals surface area contributed by atoms with E-state index in [0.717, 1.165) is 42.5 Å². The molecule has 7 heteroatoms. The van der Waals surface area contributed by atoms with Crippen LogP contribution in [-0.4, -0.2) is 33.7 Å². The number of thioether (sulfide) groups is 1. The molecule has 2 aliphatic rings. The first kappa shape index (κ1) is 22.6. The van der Waals surface area contributed by atoms with E-state index in [0.29, 0.717) is 15.0 Å². The van der Waals surface area contributed by atoms with Crippen molar-refractivity contribution in [3.05, 3.63) is 64.1 Å². The van der Waals surface area contributed by atoms with Crippen molar-refractivity contribution in [2.45, 2.75) is 45.6 Å². The Morgan fingerprint density at radius 2 is 1.94 bits per heavy atom. The van der Waals surface area contributed by atoms with E-state index >= 15 is 0 Å². The van der Waals surface area contributed by atoms with Crippen molar-refractivity contribution in [2.24, 2.45) is 0 Å². The van der Waals surface area contributed by atoms with E-state index < -0.39 is 0 Å². The lowest BCUT2D eigenvalue weighted by atomic mass is 10.1. The molecular weight excluding hydrogens is 440 g/mol. The van der Waals surface area contributed by atoms with Gasteiger partial charge < -0.3 is 10.1 Å². The lowest BCUT2D eigenvalue weighted by Gasteiger charge is -2.21. The minimum atomic E-state index is -0.240. The van der Waals surface area contributed by atoms with Crippen molar-refractivity contribution in [1.82, 2.24) is 4.90 Å². The maximum Gasteiger partial charge on any atom is 0.266 e. The second-order valence-corrected chi connectivity index (χ2v) is 9.84. The third kappa shape index (κ3) is 5.05. The van der Waals surface area contributed by atoms with Gasteiger partial charge in [-0.1, -0.05) is 61.1 Å². The highest BCUT2D eigenvalue weighted by Crippen LogP contribution is 2.38. The molecular formula is C25H26N2O3S2. The molecule has 4 rings (SSSR count). The molecule has 2 aromatic rings. The molecule has 5 nitrogen and oxygen atoms in total. The molecule has 1 heterocycles. The van der Waals surface area contributed by atoms with Crippen LogP contribution in [0.3, 0.4) is 0 Å². The molecule has 2 fully saturated rings. The van der Waals surface area contributed by atoms with E-state index in [9.17, 15) is 9.59 Å². The summed E-state index contributed by atoms with van der Waals surface area (Å²) >= 11 is 6.82. The summed E-state index contributed by atoms with van der Waals surface area (Å²) in [6.07, 6.45) is 6.11. The monoisotopic (exact) mass is 466 g/mol. The van der Waals surface area contributed by atoms with Crippen molar-refractivity contribution in [1.29, 1.82) is 0 Å². The van der Waals surface area contributed by atoms with Gasteiger partial charge in [0.15, 0.2) is 6.61 Å². The molecule has 32 heavy (non-hydrogen) atoms. The number of hydrogen-bond acceptors (Lipinski definition) is 5. The molecule has 1 N–H and O–H groups in total. The largest absolute Gasteiger partial charge is 0.483 e. The first-order chi connectivity index (χ1) is 15.4. The quantitative estimate of drug-likeness (QED) is 0.452. The number of carbonyl (C=O) groups is 2. The van der Waals surface area contributed by atoms with Crippen LogP contribution < -0.4 is 10.1 Å². The smallest absolute Gasteiger partial charge is 0.266 e. The van der Waals surface area contributed by atoms with Crippen LogP contribution in [0.2, 0.25) is 0 Å². The minimum Gasteiger partial charge on any atom is -0.483 e. The number of aryl methyl sites for hydroxylation is 2. The predicted octanol–water partition coefficient (Wildman–Crippen LogP) is 5.46. The average molecular weight is 467 g/mol. The maximum absolute atomic E-state index is 13.0. The van der Waals surface area contributed by atoms with E-state index in [4.69, 9.17) is 17.0 Å². The Labute approximate surface area is 198 Å². The van der Waals surface area contributed by atoms with Crippen molar-refractivity contribution < 1.29 is 14.3 Å². The van der Waals surface area contributed by atoms with Gasteiger partial charge in [0, 0.05) is 17.3 Å². The fraction of sp³-hybridized carbons (Fsp3) is 0.320. The predicted molar refractivity (Wildman–Crippen MR) is 134 cm³/mol. The molecule has 1 saturated heterocycles. The Morgan fingerprint density at radius 1 is 1.19 bits per heavy atom. The number of nitrogens with one attached hydrogen (secondary N) is 1. The molecule has 0 spiro atoms. The number of anilines is 1. The van der Waals surface area contributed by atoms with Crippen molar-refractivity contribution in [3.63, 3.8) is 0 Å². The molecule has 0 bridgehead atoms. The summed E-state index contributed by atoms with van der Waals surface area (Å²) in [4.78, 5) is 27.7. The van der Waals surface area contributed by atoms with Crippen LogP contribution in [0, 0.1) is 13.8 Å². The highest BCUT2D eigenvalue weighted by atomic mass is 32.2. The summed E-state index contributed by atoms with van der Waals surface area (Å²) in [7, 11) is 0. The number of benzene rings is 2. The third-order valence-electron chi connectivity index (χ3n) is 5.87. The van der Waals surface area contributed by atoms with Crippen LogP contribution in [0.1, 0.15) is 42.4 Å². The highest BCUT2D eigenvalue weighted by Gasteiger charge is 2.38. The summed E-state index contributed by atoms with van der Waals surface area (Å²) in [6.45, 7) is 3.91. The van der Waals surface area contributed by atoms with Crippen LogP contribution in [-0.2, 0) is 9.59 Å². The number of thiocarbonyl (C=S) groups is 1. The number of nitrogens with zero attached hydrogens (tertiary/aromatic N) is 1. The minimum absolute atomic E-state index is 0.0332. The normalized spacial score (nSPS) is 17.9. The van der Waals surface area contributed by atoms with Crippen molar-refractivity contribution in [2.75, 3.05) is 11.9 Å². The fourth-order valence-electron chi connectivity index (χ4n) is 3.99. The number of ether oxygens (including phenoxy) is 1. The highest BCUT2D eigenvalue weighted by molar-refractivity contribution is 8.26. The second kappa shape index (κ2) is 9.88. The van der Waals surface area contributed by atoms with E-state index in [-0.39, 0.29) is 24.5 Å². The van der Waals surface area contributed by atoms with E-state index in [2.05, 4.69) is 5.32 Å². The number of hydrogen-bond donors (Lipinski definition) is 1. The molecule has 166 valence electrons. The van der Waals surface area contributed by atoms with Gasteiger partial charge in [0.2, 0.25) is 0 Å². The van der Waals surface area contributed by atoms with E-state index in [1.54, 1.807) is 11.0 Å². The van der Waals surface area contributed by atoms with E-state index in [1.807, 2.05) is 56.3 Å². The van der Waals surface area contributed by atoms with Gasteiger partial charge in [0.25, 0.3) is 11.8 Å². The van der Waals surface area contributed by atoms with Crippen molar-refractivity contribution >= 4 is 51.9 Å². The molecule has 2 amide bonds. The summed E-state index contributed by atoms with van der Waals surface area (Å²) in [5.74, 6) is 0.277. The SMILES string of the molecule is Cc1ccc(NC(=O)COc2ccccc2/C=C2/SC(=S)N(C3CCCC3)C2=O)cc1C. The zero-order valence-electron chi connectivity index (χ0n) is 18.2. The topological polar surface area (TPSA) is 58.6 Å². The van der Waals surface area contributed by atoms with Crippen molar-refractivity contribution in [3.8, 4) is 5.75 Å². The molecule has 1 aliphatic carbocycles. The number of amides is 2. The Kier molecular flexibility index (Phi) is 6.96. The fourth-order valence-corrected chi connectivity index (χ4v) is 5.38. The lowest BCUT2D eigenvalue weighted by molar-refractivity contribution is -0.123. The van der Waals surface area contributed by atoms with Gasteiger partial charge in [-0.15, -0.1) is 0 Å². The zero-order valence-corrected chi connectivity index (χ0v) is 19.9. The van der Waals surface area contributed by atoms with Crippen LogP contribution in [0.15, 0.2) is 47.4 Å². The Balaban J connectivity index is 1.43. The summed E-state index contributed by atoms with van der Waals surface area (Å²) in [6, 6.07) is 13.4. The zero-order chi connectivity index (χ0) is 22.7. The number of para-hydroxylation sites is 1. The third-order valence-corrected chi connectivity index (χ3v) is 7.20. The van der Waals surface area contributed by atoms with Crippen LogP contribution in [0.25, 0.3) is 6.08 Å². The van der Waals surface area contributed by atoms with Gasteiger partial charge >= 0.3 is 0 Å². The maximum atomic E-state index is 13.0. The first-order valence-electron chi connectivity index (χ1n) is 10.8. The molecule has 2 aromatic carbocycles. The molecule has 1 saturated carbocycles. The summed E-state index contributed by atoms with van der Waals surface area (Å²) in [5.41, 5.74) is 3.78. The van der Waals surface area contributed by atoms with E-state index in [1.165, 1.54) is 17.3 Å². The van der Waals surface area contributed by atoms with Gasteiger partial charge in [0.1, 0.15) is 10.1 Å². The van der Waals surface area contributed by atoms with Gasteiger partial charge in [-0.3, -0.25) is 14.5 Å². The second-order valence-electron chi connectivity index (χ2n) is 8.16. The standard InChI is InChI=1S/C25H26N2O3S2/c1-16-11-12-19(13-17(16)2)26-23(28)15-30-21-10-6-3-7-18(21)14-22-24(29)27(25(31)32-22)20-8-4-5-9-20/h3,6-7,10-14,20H,4-5,8-9,15H2,1-2H3,(H,26,28)/b22-14+.